The van der Waals surface area contributed by atoms with Gasteiger partial charge in [-0.25, -0.2) is 0 Å². The number of nitro benzene ring substituents is 1. The molecule has 2 aromatic carbocycles. The van der Waals surface area contributed by atoms with Crippen LogP contribution in [0, 0.1) is 10.1 Å². The Labute approximate surface area is 127 Å². The first-order chi connectivity index (χ1) is 9.52. The lowest BCUT2D eigenvalue weighted by Gasteiger charge is -2.10. The molecular weight excluding hydrogens is 350 g/mol. The molecule has 5 nitrogen and oxygen atoms in total. The van der Waals surface area contributed by atoms with Gasteiger partial charge in [-0.1, -0.05) is 33.6 Å². The lowest BCUT2D eigenvalue weighted by Crippen LogP contribution is -1.96. The predicted molar refractivity (Wildman–Crippen MR) is 77.7 cm³/mol. The van der Waals surface area contributed by atoms with Crippen molar-refractivity contribution in [2.24, 2.45) is 0 Å². The number of para-hydroxylation sites is 1. The van der Waals surface area contributed by atoms with E-state index in [1.807, 2.05) is 0 Å². The lowest BCUT2D eigenvalue weighted by molar-refractivity contribution is -0.385. The number of nitrogens with zero attached hydrogens (tertiary/aromatic N) is 1. The van der Waals surface area contributed by atoms with Gasteiger partial charge in [0.15, 0.2) is 6.29 Å². The summed E-state index contributed by atoms with van der Waals surface area (Å²) in [5, 5.41) is 11.1. The van der Waals surface area contributed by atoms with Crippen LogP contribution < -0.4 is 4.74 Å². The molecule has 20 heavy (non-hydrogen) atoms. The molecule has 0 bridgehead atoms. The van der Waals surface area contributed by atoms with Gasteiger partial charge in [0.05, 0.1) is 15.5 Å². The average Bonchev–Trinajstić information content (AvgIpc) is 2.41. The van der Waals surface area contributed by atoms with E-state index in [4.69, 9.17) is 16.3 Å². The summed E-state index contributed by atoms with van der Waals surface area (Å²) in [5.74, 6) is 0.0888. The van der Waals surface area contributed by atoms with Gasteiger partial charge in [0.1, 0.15) is 5.75 Å². The molecule has 2 aromatic rings. The minimum Gasteiger partial charge on any atom is -0.448 e. The number of benzene rings is 2. The SMILES string of the molecule is O=Cc1ccc(Br)cc1Oc1c(Cl)cccc1[N+](=O)[O-]. The lowest BCUT2D eigenvalue weighted by atomic mass is 10.2. The largest absolute Gasteiger partial charge is 0.448 e. The van der Waals surface area contributed by atoms with Crippen molar-refractivity contribution in [3.05, 3.63) is 61.6 Å². The fraction of sp³-hybridized carbons (Fsp3) is 0. The highest BCUT2D eigenvalue weighted by molar-refractivity contribution is 9.10. The summed E-state index contributed by atoms with van der Waals surface area (Å²) < 4.78 is 6.14. The second-order valence-electron chi connectivity index (χ2n) is 3.75. The maximum absolute atomic E-state index is 11.0. The molecule has 0 N–H and O–H groups in total. The van der Waals surface area contributed by atoms with Crippen molar-refractivity contribution in [1.82, 2.24) is 0 Å². The summed E-state index contributed by atoms with van der Waals surface area (Å²) in [4.78, 5) is 21.3. The molecule has 0 atom stereocenters. The number of aldehydes is 1. The molecule has 2 rings (SSSR count). The fourth-order valence-electron chi connectivity index (χ4n) is 1.55. The predicted octanol–water partition coefficient (Wildman–Crippen LogP) is 4.62. The monoisotopic (exact) mass is 355 g/mol. The minimum absolute atomic E-state index is 0.0935. The second-order valence-corrected chi connectivity index (χ2v) is 5.07. The van der Waals surface area contributed by atoms with E-state index in [-0.39, 0.29) is 27.8 Å². The van der Waals surface area contributed by atoms with Crippen LogP contribution in [0.3, 0.4) is 0 Å². The number of halogens is 2. The molecule has 0 radical (unpaired) electrons. The van der Waals surface area contributed by atoms with Crippen LogP contribution in [0.4, 0.5) is 5.69 Å². The summed E-state index contributed by atoms with van der Waals surface area (Å²) >= 11 is 9.17. The Bertz CT molecular complexity index is 690. The molecule has 0 heterocycles. The van der Waals surface area contributed by atoms with Gasteiger partial charge in [0.25, 0.3) is 0 Å². The number of nitro groups is 1. The summed E-state index contributed by atoms with van der Waals surface area (Å²) in [5.41, 5.74) is -0.00302. The smallest absolute Gasteiger partial charge is 0.313 e. The van der Waals surface area contributed by atoms with Crippen molar-refractivity contribution in [2.45, 2.75) is 0 Å². The zero-order valence-electron chi connectivity index (χ0n) is 9.88. The molecular formula is C13H7BrClNO4. The van der Waals surface area contributed by atoms with E-state index in [0.29, 0.717) is 10.8 Å². The zero-order valence-corrected chi connectivity index (χ0v) is 12.2. The van der Waals surface area contributed by atoms with Gasteiger partial charge in [-0.3, -0.25) is 14.9 Å². The summed E-state index contributed by atoms with van der Waals surface area (Å²) in [6, 6.07) is 8.95. The van der Waals surface area contributed by atoms with Crippen LogP contribution >= 0.6 is 27.5 Å². The van der Waals surface area contributed by atoms with Crippen LogP contribution in [0.15, 0.2) is 40.9 Å². The standard InChI is InChI=1S/C13H7BrClNO4/c14-9-5-4-8(7-17)12(6-9)20-13-10(15)2-1-3-11(13)16(18)19/h1-7H. The quantitative estimate of drug-likeness (QED) is 0.455. The third kappa shape index (κ3) is 2.97. The van der Waals surface area contributed by atoms with E-state index in [0.717, 1.165) is 0 Å². The number of carbonyl (C=O) groups excluding carboxylic acids is 1. The molecule has 0 unspecified atom stereocenters. The van der Waals surface area contributed by atoms with E-state index in [1.54, 1.807) is 6.07 Å². The van der Waals surface area contributed by atoms with Crippen LogP contribution in [-0.4, -0.2) is 11.2 Å². The van der Waals surface area contributed by atoms with Crippen LogP contribution in [0.25, 0.3) is 0 Å². The van der Waals surface area contributed by atoms with Crippen molar-refractivity contribution in [3.8, 4) is 11.5 Å². The van der Waals surface area contributed by atoms with Crippen LogP contribution in [-0.2, 0) is 0 Å². The van der Waals surface area contributed by atoms with E-state index >= 15 is 0 Å². The van der Waals surface area contributed by atoms with Crippen molar-refractivity contribution >= 4 is 39.5 Å². The first-order valence-electron chi connectivity index (χ1n) is 5.38. The Morgan fingerprint density at radius 1 is 1.30 bits per heavy atom. The Morgan fingerprint density at radius 3 is 2.70 bits per heavy atom. The molecule has 0 aliphatic heterocycles. The highest BCUT2D eigenvalue weighted by Crippen LogP contribution is 2.39. The Morgan fingerprint density at radius 2 is 2.05 bits per heavy atom. The first-order valence-corrected chi connectivity index (χ1v) is 6.55. The van der Waals surface area contributed by atoms with Gasteiger partial charge in [0.2, 0.25) is 5.75 Å². The maximum Gasteiger partial charge on any atom is 0.313 e. The third-order valence-electron chi connectivity index (χ3n) is 2.46. The number of hydrogen-bond donors (Lipinski definition) is 0. The Kier molecular flexibility index (Phi) is 4.36. The Hall–Kier alpha value is -1.92. The molecule has 0 fully saturated rings. The van der Waals surface area contributed by atoms with E-state index in [2.05, 4.69) is 15.9 Å². The molecule has 7 heteroatoms. The highest BCUT2D eigenvalue weighted by Gasteiger charge is 2.20. The number of carbonyl (C=O) groups is 1. The topological polar surface area (TPSA) is 69.4 Å². The van der Waals surface area contributed by atoms with Crippen molar-refractivity contribution in [1.29, 1.82) is 0 Å². The van der Waals surface area contributed by atoms with Gasteiger partial charge < -0.3 is 4.74 Å². The van der Waals surface area contributed by atoms with Crippen molar-refractivity contribution in [2.75, 3.05) is 0 Å². The molecule has 102 valence electrons. The molecule has 0 saturated carbocycles. The molecule has 0 aromatic heterocycles. The molecule has 0 spiro atoms. The molecule has 0 saturated heterocycles. The number of rotatable bonds is 4. The van der Waals surface area contributed by atoms with Gasteiger partial charge in [-0.15, -0.1) is 0 Å². The minimum atomic E-state index is -0.597. The molecule has 0 amide bonds. The van der Waals surface area contributed by atoms with E-state index < -0.39 is 4.92 Å². The third-order valence-corrected chi connectivity index (χ3v) is 3.25. The van der Waals surface area contributed by atoms with Gasteiger partial charge in [-0.2, -0.15) is 0 Å². The number of hydrogen-bond acceptors (Lipinski definition) is 4. The molecule has 0 aliphatic rings. The van der Waals surface area contributed by atoms with Crippen LogP contribution in [0.1, 0.15) is 10.4 Å². The average molecular weight is 357 g/mol. The van der Waals surface area contributed by atoms with Crippen molar-refractivity contribution in [3.63, 3.8) is 0 Å². The summed E-state index contributed by atoms with van der Waals surface area (Å²) in [6.07, 6.45) is 0.602. The summed E-state index contributed by atoms with van der Waals surface area (Å²) in [6.45, 7) is 0. The maximum atomic E-state index is 11.0. The van der Waals surface area contributed by atoms with Crippen molar-refractivity contribution < 1.29 is 14.5 Å². The van der Waals surface area contributed by atoms with Gasteiger partial charge in [0, 0.05) is 10.5 Å². The fourth-order valence-corrected chi connectivity index (χ4v) is 2.09. The molecule has 0 aliphatic carbocycles. The first kappa shape index (κ1) is 14.5. The normalized spacial score (nSPS) is 10.1. The van der Waals surface area contributed by atoms with Crippen LogP contribution in [0.2, 0.25) is 5.02 Å². The van der Waals surface area contributed by atoms with Gasteiger partial charge in [-0.05, 0) is 24.3 Å². The second kappa shape index (κ2) is 6.02. The Balaban J connectivity index is 2.52. The van der Waals surface area contributed by atoms with E-state index in [1.165, 1.54) is 30.3 Å². The summed E-state index contributed by atoms with van der Waals surface area (Å²) in [7, 11) is 0. The van der Waals surface area contributed by atoms with Gasteiger partial charge >= 0.3 is 5.69 Å². The zero-order chi connectivity index (χ0) is 14.7. The van der Waals surface area contributed by atoms with Crippen LogP contribution in [0.5, 0.6) is 11.5 Å². The number of ether oxygens (including phenoxy) is 1. The highest BCUT2D eigenvalue weighted by atomic mass is 79.9. The van der Waals surface area contributed by atoms with E-state index in [9.17, 15) is 14.9 Å².